The number of carbonyl (C=O) groups excluding carboxylic acids is 2. The Morgan fingerprint density at radius 3 is 2.47 bits per heavy atom. The predicted molar refractivity (Wildman–Crippen MR) is 62.9 cm³/mol. The zero-order valence-corrected chi connectivity index (χ0v) is 9.98. The van der Waals surface area contributed by atoms with Gasteiger partial charge in [-0.25, -0.2) is 4.85 Å². The average molecular weight is 231 g/mol. The first-order valence-electron chi connectivity index (χ1n) is 5.07. The third kappa shape index (κ3) is 2.70. The van der Waals surface area contributed by atoms with Crippen LogP contribution < -0.4 is 0 Å². The summed E-state index contributed by atoms with van der Waals surface area (Å²) >= 11 is 0. The maximum Gasteiger partial charge on any atom is 0.320 e. The molecule has 0 radical (unpaired) electrons. The second kappa shape index (κ2) is 5.26. The number of Topliss-reactive ketones (excluding diaryl/α,β-unsaturated/α-hetero) is 1. The summed E-state index contributed by atoms with van der Waals surface area (Å²) in [6, 6.07) is 4.90. The van der Waals surface area contributed by atoms with Gasteiger partial charge in [0.1, 0.15) is 11.7 Å². The lowest BCUT2D eigenvalue weighted by molar-refractivity contribution is -0.145. The molecule has 0 fully saturated rings. The molecule has 1 aromatic rings. The molecule has 0 aliphatic carbocycles. The fourth-order valence-electron chi connectivity index (χ4n) is 1.64. The van der Waals surface area contributed by atoms with E-state index in [1.165, 1.54) is 14.0 Å². The molecule has 0 heterocycles. The number of benzene rings is 1. The number of aryl methyl sites for hydroxylation is 1. The van der Waals surface area contributed by atoms with Gasteiger partial charge in [-0.05, 0) is 25.0 Å². The summed E-state index contributed by atoms with van der Waals surface area (Å²) in [5, 5.41) is 0. The quantitative estimate of drug-likeness (QED) is 0.456. The van der Waals surface area contributed by atoms with E-state index in [-0.39, 0.29) is 5.78 Å². The van der Waals surface area contributed by atoms with Crippen LogP contribution in [0.3, 0.4) is 0 Å². The predicted octanol–water partition coefficient (Wildman–Crippen LogP) is 2.39. The number of nitrogens with zero attached hydrogens (tertiary/aromatic N) is 1. The lowest BCUT2D eigenvalue weighted by Gasteiger charge is -2.12. The molecule has 88 valence electrons. The molecule has 4 nitrogen and oxygen atoms in total. The standard InChI is InChI=1S/C13H13NO3/c1-8-7-10(5-6-11(8)14-3)12(9(2)15)13(16)17-4/h5-7,12H,1-2,4H3. The van der Waals surface area contributed by atoms with Crippen molar-refractivity contribution in [1.82, 2.24) is 0 Å². The SMILES string of the molecule is [C-]#[N+]c1ccc(C(C(C)=O)C(=O)OC)cc1C. The molecule has 0 aliphatic heterocycles. The van der Waals surface area contributed by atoms with Crippen LogP contribution in [0.1, 0.15) is 24.0 Å². The highest BCUT2D eigenvalue weighted by Gasteiger charge is 2.26. The highest BCUT2D eigenvalue weighted by molar-refractivity contribution is 6.03. The smallest absolute Gasteiger partial charge is 0.320 e. The van der Waals surface area contributed by atoms with E-state index in [0.717, 1.165) is 5.56 Å². The zero-order chi connectivity index (χ0) is 13.0. The second-order valence-corrected chi connectivity index (χ2v) is 3.72. The molecule has 4 heteroatoms. The highest BCUT2D eigenvalue weighted by atomic mass is 16.5. The summed E-state index contributed by atoms with van der Waals surface area (Å²) in [4.78, 5) is 26.3. The minimum atomic E-state index is -0.904. The highest BCUT2D eigenvalue weighted by Crippen LogP contribution is 2.25. The average Bonchev–Trinajstić information content (AvgIpc) is 2.28. The number of hydrogen-bond acceptors (Lipinski definition) is 3. The Balaban J connectivity index is 3.22. The molecule has 0 N–H and O–H groups in total. The molecule has 0 saturated heterocycles. The Morgan fingerprint density at radius 1 is 1.41 bits per heavy atom. The number of esters is 1. The van der Waals surface area contributed by atoms with Crippen LogP contribution in [-0.2, 0) is 14.3 Å². The summed E-state index contributed by atoms with van der Waals surface area (Å²) in [6.45, 7) is 10.1. The molecule has 0 spiro atoms. The topological polar surface area (TPSA) is 47.7 Å². The fourth-order valence-corrected chi connectivity index (χ4v) is 1.64. The largest absolute Gasteiger partial charge is 0.468 e. The molecule has 0 bridgehead atoms. The Labute approximate surface area is 100 Å². The Kier molecular flexibility index (Phi) is 4.00. The molecular formula is C13H13NO3. The van der Waals surface area contributed by atoms with Gasteiger partial charge in [0.25, 0.3) is 0 Å². The summed E-state index contributed by atoms with van der Waals surface area (Å²) in [5.41, 5.74) is 1.82. The van der Waals surface area contributed by atoms with E-state index in [2.05, 4.69) is 9.58 Å². The molecule has 0 aromatic heterocycles. The van der Waals surface area contributed by atoms with E-state index in [9.17, 15) is 9.59 Å². The zero-order valence-electron chi connectivity index (χ0n) is 9.98. The summed E-state index contributed by atoms with van der Waals surface area (Å²) < 4.78 is 4.60. The lowest BCUT2D eigenvalue weighted by Crippen LogP contribution is -2.21. The molecule has 0 aliphatic rings. The monoisotopic (exact) mass is 231 g/mol. The van der Waals surface area contributed by atoms with Gasteiger partial charge in [-0.15, -0.1) is 0 Å². The van der Waals surface area contributed by atoms with Crippen LogP contribution in [0.15, 0.2) is 18.2 Å². The molecular weight excluding hydrogens is 218 g/mol. The Hall–Kier alpha value is -2.15. The summed E-state index contributed by atoms with van der Waals surface area (Å²) in [5.74, 6) is -1.75. The summed E-state index contributed by atoms with van der Waals surface area (Å²) in [6.07, 6.45) is 0. The first-order chi connectivity index (χ1) is 8.01. The van der Waals surface area contributed by atoms with E-state index in [0.29, 0.717) is 11.3 Å². The van der Waals surface area contributed by atoms with Gasteiger partial charge in [0, 0.05) is 0 Å². The lowest BCUT2D eigenvalue weighted by atomic mass is 9.94. The third-order valence-corrected chi connectivity index (χ3v) is 2.52. The Bertz CT molecular complexity index is 500. The van der Waals surface area contributed by atoms with Crippen molar-refractivity contribution in [2.45, 2.75) is 19.8 Å². The van der Waals surface area contributed by atoms with Crippen molar-refractivity contribution in [1.29, 1.82) is 0 Å². The number of ketones is 1. The number of hydrogen-bond donors (Lipinski definition) is 0. The fraction of sp³-hybridized carbons (Fsp3) is 0.308. The van der Waals surface area contributed by atoms with Crippen LogP contribution in [0.2, 0.25) is 0 Å². The van der Waals surface area contributed by atoms with Gasteiger partial charge < -0.3 is 4.74 Å². The minimum absolute atomic E-state index is 0.271. The van der Waals surface area contributed by atoms with E-state index in [4.69, 9.17) is 6.57 Å². The molecule has 0 saturated carbocycles. The molecule has 1 unspecified atom stereocenters. The van der Waals surface area contributed by atoms with Gasteiger partial charge in [-0.2, -0.15) is 0 Å². The maximum atomic E-state index is 11.5. The van der Waals surface area contributed by atoms with E-state index in [1.54, 1.807) is 25.1 Å². The van der Waals surface area contributed by atoms with Gasteiger partial charge in [0.15, 0.2) is 5.69 Å². The van der Waals surface area contributed by atoms with E-state index in [1.807, 2.05) is 0 Å². The van der Waals surface area contributed by atoms with E-state index >= 15 is 0 Å². The van der Waals surface area contributed by atoms with Crippen LogP contribution >= 0.6 is 0 Å². The molecule has 17 heavy (non-hydrogen) atoms. The van der Waals surface area contributed by atoms with Crippen molar-refractivity contribution in [3.05, 3.63) is 40.7 Å². The first kappa shape index (κ1) is 12.9. The van der Waals surface area contributed by atoms with Crippen molar-refractivity contribution in [2.75, 3.05) is 7.11 Å². The van der Waals surface area contributed by atoms with Gasteiger partial charge in [-0.3, -0.25) is 9.59 Å². The van der Waals surface area contributed by atoms with Gasteiger partial charge in [0.2, 0.25) is 0 Å². The molecule has 1 atom stereocenters. The van der Waals surface area contributed by atoms with Crippen molar-refractivity contribution < 1.29 is 14.3 Å². The molecule has 1 aromatic carbocycles. The summed E-state index contributed by atoms with van der Waals surface area (Å²) in [7, 11) is 1.25. The maximum absolute atomic E-state index is 11.5. The second-order valence-electron chi connectivity index (χ2n) is 3.72. The van der Waals surface area contributed by atoms with E-state index < -0.39 is 11.9 Å². The minimum Gasteiger partial charge on any atom is -0.468 e. The third-order valence-electron chi connectivity index (χ3n) is 2.52. The number of rotatable bonds is 3. The molecule has 1 rings (SSSR count). The Morgan fingerprint density at radius 2 is 2.06 bits per heavy atom. The van der Waals surface area contributed by atoms with Crippen molar-refractivity contribution in [2.24, 2.45) is 0 Å². The van der Waals surface area contributed by atoms with Gasteiger partial charge >= 0.3 is 5.97 Å². The number of carbonyl (C=O) groups is 2. The van der Waals surface area contributed by atoms with Crippen LogP contribution in [-0.4, -0.2) is 18.9 Å². The normalized spacial score (nSPS) is 11.4. The number of methoxy groups -OCH3 is 1. The van der Waals surface area contributed by atoms with Crippen molar-refractivity contribution in [3.8, 4) is 0 Å². The van der Waals surface area contributed by atoms with Crippen molar-refractivity contribution in [3.63, 3.8) is 0 Å². The van der Waals surface area contributed by atoms with Crippen LogP contribution in [0.4, 0.5) is 5.69 Å². The van der Waals surface area contributed by atoms with Gasteiger partial charge in [-0.1, -0.05) is 18.2 Å². The van der Waals surface area contributed by atoms with Crippen LogP contribution in [0.5, 0.6) is 0 Å². The van der Waals surface area contributed by atoms with Crippen LogP contribution in [0.25, 0.3) is 4.85 Å². The van der Waals surface area contributed by atoms with Crippen LogP contribution in [0, 0.1) is 13.5 Å². The van der Waals surface area contributed by atoms with Crippen molar-refractivity contribution >= 4 is 17.4 Å². The molecule has 0 amide bonds. The first-order valence-corrected chi connectivity index (χ1v) is 5.07. The number of ether oxygens (including phenoxy) is 1. The van der Waals surface area contributed by atoms with Gasteiger partial charge in [0.05, 0.1) is 13.7 Å².